The van der Waals surface area contributed by atoms with Crippen LogP contribution < -0.4 is 15.8 Å². The van der Waals surface area contributed by atoms with Crippen LogP contribution in [0.15, 0.2) is 28.7 Å². The van der Waals surface area contributed by atoms with E-state index in [2.05, 4.69) is 21.2 Å². The Hall–Kier alpha value is -0.920. The minimum absolute atomic E-state index is 0. The van der Waals surface area contributed by atoms with Crippen molar-refractivity contribution in [3.05, 3.63) is 28.7 Å². The van der Waals surface area contributed by atoms with Crippen LogP contribution in [0.1, 0.15) is 6.42 Å². The first-order valence-corrected chi connectivity index (χ1v) is 6.46. The molecular weight excluding hydrogens is 357 g/mol. The number of benzene rings is 1. The fraction of sp³-hybridized carbons (Fsp3) is 0.417. The van der Waals surface area contributed by atoms with E-state index in [1.807, 2.05) is 6.07 Å². The summed E-state index contributed by atoms with van der Waals surface area (Å²) in [4.78, 5) is 11.3. The van der Waals surface area contributed by atoms with Crippen molar-refractivity contribution in [3.63, 3.8) is 0 Å². The van der Waals surface area contributed by atoms with E-state index in [9.17, 15) is 13.6 Å². The molecule has 20 heavy (non-hydrogen) atoms. The number of halogens is 4. The third kappa shape index (κ3) is 7.02. The third-order valence-electron chi connectivity index (χ3n) is 2.27. The molecule has 1 aromatic carbocycles. The van der Waals surface area contributed by atoms with Gasteiger partial charge in [-0.25, -0.2) is 8.78 Å². The molecule has 3 N–H and O–H groups in total. The molecule has 0 heterocycles. The van der Waals surface area contributed by atoms with E-state index >= 15 is 0 Å². The summed E-state index contributed by atoms with van der Waals surface area (Å²) in [5.41, 5.74) is 4.85. The zero-order chi connectivity index (χ0) is 14.3. The van der Waals surface area contributed by atoms with E-state index in [-0.39, 0.29) is 25.4 Å². The van der Waals surface area contributed by atoms with Gasteiger partial charge in [0.1, 0.15) is 5.75 Å². The summed E-state index contributed by atoms with van der Waals surface area (Å²) in [6.45, 7) is -1.43. The average Bonchev–Trinajstić information content (AvgIpc) is 2.39. The fourth-order valence-corrected chi connectivity index (χ4v) is 1.60. The van der Waals surface area contributed by atoms with Gasteiger partial charge in [0.05, 0.1) is 30.6 Å². The van der Waals surface area contributed by atoms with Gasteiger partial charge < -0.3 is 15.8 Å². The van der Waals surface area contributed by atoms with E-state index in [1.165, 1.54) is 0 Å². The Morgan fingerprint density at radius 3 is 2.65 bits per heavy atom. The Kier molecular flexibility index (Phi) is 8.68. The van der Waals surface area contributed by atoms with Gasteiger partial charge in [0, 0.05) is 0 Å². The van der Waals surface area contributed by atoms with Crippen molar-refractivity contribution in [2.24, 2.45) is 5.73 Å². The highest BCUT2D eigenvalue weighted by molar-refractivity contribution is 9.10. The fourth-order valence-electron chi connectivity index (χ4n) is 1.20. The predicted molar refractivity (Wildman–Crippen MR) is 78.5 cm³/mol. The second-order valence-corrected chi connectivity index (χ2v) is 4.72. The highest BCUT2D eigenvalue weighted by Crippen LogP contribution is 2.23. The molecule has 0 saturated carbocycles. The number of hydrogen-bond acceptors (Lipinski definition) is 3. The largest absolute Gasteiger partial charge is 0.492 e. The molecule has 4 nitrogen and oxygen atoms in total. The molecule has 1 amide bonds. The molecule has 1 rings (SSSR count). The Balaban J connectivity index is 0.00000361. The van der Waals surface area contributed by atoms with E-state index in [0.29, 0.717) is 5.75 Å². The molecule has 8 heteroatoms. The van der Waals surface area contributed by atoms with Crippen LogP contribution in [-0.4, -0.2) is 31.5 Å². The molecule has 0 unspecified atom stereocenters. The van der Waals surface area contributed by atoms with E-state index in [4.69, 9.17) is 10.5 Å². The van der Waals surface area contributed by atoms with Gasteiger partial charge in [-0.1, -0.05) is 12.1 Å². The van der Waals surface area contributed by atoms with Gasteiger partial charge >= 0.3 is 0 Å². The summed E-state index contributed by atoms with van der Waals surface area (Å²) in [7, 11) is 0. The molecule has 0 aliphatic rings. The van der Waals surface area contributed by atoms with Crippen LogP contribution in [0.3, 0.4) is 0 Å². The average molecular weight is 374 g/mol. The van der Waals surface area contributed by atoms with Crippen LogP contribution in [0, 0.1) is 0 Å². The topological polar surface area (TPSA) is 64.3 Å². The lowest BCUT2D eigenvalue weighted by Gasteiger charge is -2.14. The summed E-state index contributed by atoms with van der Waals surface area (Å²) >= 11 is 3.29. The Bertz CT molecular complexity index is 436. The lowest BCUT2D eigenvalue weighted by Crippen LogP contribution is -2.41. The van der Waals surface area contributed by atoms with Crippen LogP contribution >= 0.6 is 28.3 Å². The third-order valence-corrected chi connectivity index (χ3v) is 2.92. The van der Waals surface area contributed by atoms with Gasteiger partial charge in [0.2, 0.25) is 5.91 Å². The SMILES string of the molecule is Cl.NCC(F)(F)CNC(=O)CCOc1ccccc1Br. The number of alkyl halides is 2. The zero-order valence-corrected chi connectivity index (χ0v) is 13.0. The van der Waals surface area contributed by atoms with Crippen molar-refractivity contribution in [2.75, 3.05) is 19.7 Å². The molecule has 0 fully saturated rings. The zero-order valence-electron chi connectivity index (χ0n) is 10.6. The number of carbonyl (C=O) groups is 1. The smallest absolute Gasteiger partial charge is 0.277 e. The lowest BCUT2D eigenvalue weighted by atomic mass is 10.3. The maximum absolute atomic E-state index is 12.8. The van der Waals surface area contributed by atoms with Crippen molar-refractivity contribution >= 4 is 34.2 Å². The van der Waals surface area contributed by atoms with Gasteiger partial charge in [-0.3, -0.25) is 4.79 Å². The van der Waals surface area contributed by atoms with Gasteiger partial charge in [-0.05, 0) is 28.1 Å². The highest BCUT2D eigenvalue weighted by Gasteiger charge is 2.26. The van der Waals surface area contributed by atoms with Crippen LogP contribution in [-0.2, 0) is 4.79 Å². The number of nitrogens with two attached hydrogens (primary N) is 1. The Morgan fingerprint density at radius 1 is 1.40 bits per heavy atom. The first kappa shape index (κ1) is 19.1. The predicted octanol–water partition coefficient (Wildman–Crippen LogP) is 2.35. The standard InChI is InChI=1S/C12H15BrF2N2O2.ClH/c13-9-3-1-2-4-10(9)19-6-5-11(18)17-8-12(14,15)7-16;/h1-4H,5-8,16H2,(H,17,18);1H. The maximum Gasteiger partial charge on any atom is 0.277 e. The quantitative estimate of drug-likeness (QED) is 0.771. The Labute approximate surface area is 130 Å². The Morgan fingerprint density at radius 2 is 2.05 bits per heavy atom. The monoisotopic (exact) mass is 372 g/mol. The van der Waals surface area contributed by atoms with Crippen LogP contribution in [0.25, 0.3) is 0 Å². The number of rotatable bonds is 7. The lowest BCUT2D eigenvalue weighted by molar-refractivity contribution is -0.123. The molecule has 114 valence electrons. The normalized spacial score (nSPS) is 10.6. The minimum Gasteiger partial charge on any atom is -0.492 e. The highest BCUT2D eigenvalue weighted by atomic mass is 79.9. The van der Waals surface area contributed by atoms with Crippen molar-refractivity contribution in [3.8, 4) is 5.75 Å². The van der Waals surface area contributed by atoms with Gasteiger partial charge in [0.15, 0.2) is 0 Å². The van der Waals surface area contributed by atoms with Crippen molar-refractivity contribution in [2.45, 2.75) is 12.3 Å². The molecular formula is C12H16BrClF2N2O2. The second-order valence-electron chi connectivity index (χ2n) is 3.87. The number of carbonyl (C=O) groups excluding carboxylic acids is 1. The molecule has 1 aromatic rings. The maximum atomic E-state index is 12.8. The van der Waals surface area contributed by atoms with E-state index in [0.717, 1.165) is 4.47 Å². The van der Waals surface area contributed by atoms with E-state index < -0.39 is 24.9 Å². The van der Waals surface area contributed by atoms with Crippen LogP contribution in [0.5, 0.6) is 5.75 Å². The van der Waals surface area contributed by atoms with Gasteiger partial charge in [-0.2, -0.15) is 0 Å². The summed E-state index contributed by atoms with van der Waals surface area (Å²) in [5.74, 6) is -2.97. The molecule has 0 bridgehead atoms. The molecule has 0 atom stereocenters. The number of para-hydroxylation sites is 1. The summed E-state index contributed by atoms with van der Waals surface area (Å²) in [6, 6.07) is 7.17. The van der Waals surface area contributed by atoms with Crippen molar-refractivity contribution in [1.82, 2.24) is 5.32 Å². The molecule has 0 aromatic heterocycles. The summed E-state index contributed by atoms with van der Waals surface area (Å²) < 4.78 is 31.7. The van der Waals surface area contributed by atoms with Gasteiger partial charge in [0.25, 0.3) is 5.92 Å². The number of ether oxygens (including phenoxy) is 1. The first-order chi connectivity index (χ1) is 8.94. The minimum atomic E-state index is -3.07. The molecule has 0 aliphatic heterocycles. The molecule has 0 radical (unpaired) electrons. The number of hydrogen-bond donors (Lipinski definition) is 2. The summed E-state index contributed by atoms with van der Waals surface area (Å²) in [5, 5.41) is 2.11. The molecule has 0 spiro atoms. The second kappa shape index (κ2) is 9.10. The number of nitrogens with one attached hydrogen (secondary N) is 1. The number of amides is 1. The van der Waals surface area contributed by atoms with Crippen molar-refractivity contribution < 1.29 is 18.3 Å². The van der Waals surface area contributed by atoms with Crippen LogP contribution in [0.2, 0.25) is 0 Å². The first-order valence-electron chi connectivity index (χ1n) is 5.66. The van der Waals surface area contributed by atoms with Crippen LogP contribution in [0.4, 0.5) is 8.78 Å². The summed E-state index contributed by atoms with van der Waals surface area (Å²) in [6.07, 6.45) is 0.00197. The molecule has 0 saturated heterocycles. The van der Waals surface area contributed by atoms with Crippen molar-refractivity contribution in [1.29, 1.82) is 0 Å². The van der Waals surface area contributed by atoms with Gasteiger partial charge in [-0.15, -0.1) is 12.4 Å². The van der Waals surface area contributed by atoms with E-state index in [1.54, 1.807) is 18.2 Å². The molecule has 0 aliphatic carbocycles.